The quantitative estimate of drug-likeness (QED) is 0.0833. The lowest BCUT2D eigenvalue weighted by atomic mass is 10.1. The molecule has 21 heteroatoms. The molecule has 0 saturated carbocycles. The van der Waals surface area contributed by atoms with Crippen LogP contribution in [0.5, 0.6) is 11.5 Å². The van der Waals surface area contributed by atoms with Crippen LogP contribution < -0.4 is 20.1 Å². The zero-order valence-electron chi connectivity index (χ0n) is 27.0. The number of sulfonamides is 2. The molecule has 6 aromatic rings. The zero-order valence-corrected chi connectivity index (χ0v) is 30.3. The van der Waals surface area contributed by atoms with E-state index >= 15 is 0 Å². The van der Waals surface area contributed by atoms with Crippen LogP contribution in [0.15, 0.2) is 129 Å². The van der Waals surface area contributed by atoms with Crippen molar-refractivity contribution in [2.75, 3.05) is 20.1 Å². The van der Waals surface area contributed by atoms with Gasteiger partial charge in [-0.25, -0.2) is 21.6 Å². The van der Waals surface area contributed by atoms with Crippen molar-refractivity contribution in [2.45, 2.75) is 19.6 Å². The molecule has 54 heavy (non-hydrogen) atoms. The first-order valence-corrected chi connectivity index (χ1v) is 20.9. The maximum atomic E-state index is 13.2. The van der Waals surface area contributed by atoms with Crippen molar-refractivity contribution >= 4 is 90.6 Å². The molecule has 0 aromatic heterocycles. The van der Waals surface area contributed by atoms with Crippen molar-refractivity contribution in [3.8, 4) is 11.5 Å². The summed E-state index contributed by atoms with van der Waals surface area (Å²) in [6.07, 6.45) is 0. The Hall–Kier alpha value is -5.97. The predicted octanol–water partition coefficient (Wildman–Crippen LogP) is 5.14. The van der Waals surface area contributed by atoms with Crippen molar-refractivity contribution in [1.82, 2.24) is 0 Å². The number of nitrogens with one attached hydrogen (secondary N) is 4. The van der Waals surface area contributed by atoms with E-state index in [0.29, 0.717) is 0 Å². The lowest BCUT2D eigenvalue weighted by Gasteiger charge is -2.14. The number of carbonyl (C=O) groups is 1. The molecule has 6 aromatic carbocycles. The number of phenolic OH excluding ortho intramolecular Hbond substituents is 2. The molecule has 0 unspecified atom stereocenters. The molecule has 0 saturated heterocycles. The van der Waals surface area contributed by atoms with Gasteiger partial charge in [-0.05, 0) is 84.9 Å². The van der Waals surface area contributed by atoms with Gasteiger partial charge < -0.3 is 20.8 Å². The summed E-state index contributed by atoms with van der Waals surface area (Å²) in [6.45, 7) is 0. The van der Waals surface area contributed by atoms with Crippen molar-refractivity contribution < 1.29 is 57.8 Å². The summed E-state index contributed by atoms with van der Waals surface area (Å²) >= 11 is 0. The third-order valence-electron chi connectivity index (χ3n) is 7.85. The fourth-order valence-corrected chi connectivity index (χ4v) is 9.03. The number of anilines is 4. The van der Waals surface area contributed by atoms with Gasteiger partial charge >= 0.3 is 6.03 Å². The lowest BCUT2D eigenvalue weighted by Crippen LogP contribution is -2.20. The van der Waals surface area contributed by atoms with Gasteiger partial charge in [0.05, 0.1) is 21.2 Å². The van der Waals surface area contributed by atoms with E-state index in [1.165, 1.54) is 60.7 Å². The molecular weight excluding hydrogens is 789 g/mol. The number of phenols is 2. The highest BCUT2D eigenvalue weighted by molar-refractivity contribution is 7.93. The highest BCUT2D eigenvalue weighted by atomic mass is 32.2. The highest BCUT2D eigenvalue weighted by Crippen LogP contribution is 2.38. The van der Waals surface area contributed by atoms with Crippen LogP contribution in [0.25, 0.3) is 21.5 Å². The zero-order chi connectivity index (χ0) is 39.2. The number of hydrogen-bond donors (Lipinski definition) is 8. The molecule has 2 amide bonds. The van der Waals surface area contributed by atoms with Gasteiger partial charge in [0, 0.05) is 32.9 Å². The number of rotatable bonds is 10. The number of amides is 2. The average molecular weight is 815 g/mol. The Morgan fingerprint density at radius 1 is 0.463 bits per heavy atom. The summed E-state index contributed by atoms with van der Waals surface area (Å²) in [5.74, 6) is -0.715. The Morgan fingerprint density at radius 2 is 0.815 bits per heavy atom. The third kappa shape index (κ3) is 7.71. The molecule has 0 spiro atoms. The van der Waals surface area contributed by atoms with Gasteiger partial charge in [0.2, 0.25) is 0 Å². The van der Waals surface area contributed by atoms with E-state index in [1.807, 2.05) is 0 Å². The molecule has 8 N–H and O–H groups in total. The van der Waals surface area contributed by atoms with Crippen LogP contribution in [-0.4, -0.2) is 59.0 Å². The van der Waals surface area contributed by atoms with Gasteiger partial charge in [0.25, 0.3) is 40.3 Å². The number of fused-ring (bicyclic) bond motifs is 2. The largest absolute Gasteiger partial charge is 0.507 e. The third-order valence-corrected chi connectivity index (χ3v) is 12.4. The van der Waals surface area contributed by atoms with Gasteiger partial charge in [0.1, 0.15) is 21.3 Å². The van der Waals surface area contributed by atoms with Gasteiger partial charge in [-0.3, -0.25) is 18.5 Å². The minimum Gasteiger partial charge on any atom is -0.507 e. The van der Waals surface area contributed by atoms with Crippen LogP contribution in [0, 0.1) is 0 Å². The topological polar surface area (TPSA) is 283 Å². The maximum absolute atomic E-state index is 13.2. The first kappa shape index (κ1) is 37.8. The second kappa shape index (κ2) is 13.8. The average Bonchev–Trinajstić information content (AvgIpc) is 3.08. The standard InChI is InChI=1S/C33H26N4O13S4/c38-27-15-17-29(53(45,46)47)31-23(27)3-1-5-25(31)36-51(41,42)21-11-7-19(8-12-21)34-33(40)35-20-9-13-22(14-10-20)52(43,44)37-26-6-2-4-24-28(39)16-18-30(32(24)26)54(48,49)50/h1-18,36-39H,(H2,34,35,40)(H,45,46,47)(H,48,49,50). The van der Waals surface area contributed by atoms with E-state index in [1.54, 1.807) is 0 Å². The van der Waals surface area contributed by atoms with E-state index in [0.717, 1.165) is 48.5 Å². The Labute approximate surface area is 307 Å². The van der Waals surface area contributed by atoms with Gasteiger partial charge in [0.15, 0.2) is 0 Å². The number of carbonyl (C=O) groups excluding carboxylic acids is 1. The van der Waals surface area contributed by atoms with Crippen LogP contribution >= 0.6 is 0 Å². The molecule has 0 aliphatic rings. The first-order valence-electron chi connectivity index (χ1n) is 15.0. The van der Waals surface area contributed by atoms with Crippen LogP contribution in [-0.2, 0) is 40.3 Å². The number of urea groups is 1. The maximum Gasteiger partial charge on any atom is 0.323 e. The van der Waals surface area contributed by atoms with E-state index in [2.05, 4.69) is 20.1 Å². The number of hydrogen-bond acceptors (Lipinski definition) is 11. The SMILES string of the molecule is O=C(Nc1ccc(S(=O)(=O)Nc2cccc3c(O)ccc(S(=O)(=O)O)c23)cc1)Nc1ccc(S(=O)(=O)Nc2cccc3c(O)ccc(S(=O)(=O)O)c23)cc1. The minimum atomic E-state index is -4.82. The number of aromatic hydroxyl groups is 2. The van der Waals surface area contributed by atoms with Crippen molar-refractivity contribution in [3.05, 3.63) is 109 Å². The summed E-state index contributed by atoms with van der Waals surface area (Å²) < 4.78 is 125. The van der Waals surface area contributed by atoms with Crippen molar-refractivity contribution in [2.24, 2.45) is 0 Å². The minimum absolute atomic E-state index is 0.0384. The molecule has 0 aliphatic carbocycles. The lowest BCUT2D eigenvalue weighted by molar-refractivity contribution is 0.262. The molecule has 0 heterocycles. The monoisotopic (exact) mass is 814 g/mol. The summed E-state index contributed by atoms with van der Waals surface area (Å²) in [4.78, 5) is 10.8. The molecule has 0 bridgehead atoms. The molecular formula is C33H26N4O13S4. The van der Waals surface area contributed by atoms with E-state index < -0.39 is 56.1 Å². The Kier molecular flexibility index (Phi) is 9.64. The molecule has 17 nitrogen and oxygen atoms in total. The molecule has 0 fully saturated rings. The number of benzene rings is 6. The molecule has 280 valence electrons. The second-order valence-electron chi connectivity index (χ2n) is 11.4. The Bertz CT molecular complexity index is 2740. The van der Waals surface area contributed by atoms with Crippen molar-refractivity contribution in [1.29, 1.82) is 0 Å². The summed E-state index contributed by atoms with van der Waals surface area (Å²) in [7, 11) is -18.4. The smallest absolute Gasteiger partial charge is 0.323 e. The highest BCUT2D eigenvalue weighted by Gasteiger charge is 2.24. The fourth-order valence-electron chi connectivity index (χ4n) is 5.45. The van der Waals surface area contributed by atoms with Crippen LogP contribution in [0.3, 0.4) is 0 Å². The van der Waals surface area contributed by atoms with Gasteiger partial charge in [-0.15, -0.1) is 0 Å². The van der Waals surface area contributed by atoms with Gasteiger partial charge in [-0.1, -0.05) is 24.3 Å². The van der Waals surface area contributed by atoms with E-state index in [4.69, 9.17) is 0 Å². The Balaban J connectivity index is 1.14. The summed E-state index contributed by atoms with van der Waals surface area (Å²) in [5, 5.41) is 24.8. The molecule has 6 rings (SSSR count). The predicted molar refractivity (Wildman–Crippen MR) is 198 cm³/mol. The normalized spacial score (nSPS) is 12.3. The van der Waals surface area contributed by atoms with E-state index in [-0.39, 0.29) is 65.6 Å². The van der Waals surface area contributed by atoms with E-state index in [9.17, 15) is 57.8 Å². The second-order valence-corrected chi connectivity index (χ2v) is 17.6. The van der Waals surface area contributed by atoms with Crippen LogP contribution in [0.4, 0.5) is 27.5 Å². The van der Waals surface area contributed by atoms with Crippen molar-refractivity contribution in [3.63, 3.8) is 0 Å². The summed E-state index contributed by atoms with van der Waals surface area (Å²) in [5.41, 5.74) is -0.201. The molecule has 0 radical (unpaired) electrons. The molecule has 0 aliphatic heterocycles. The van der Waals surface area contributed by atoms with Crippen LogP contribution in [0.2, 0.25) is 0 Å². The van der Waals surface area contributed by atoms with Gasteiger partial charge in [-0.2, -0.15) is 16.8 Å². The molecule has 0 atom stereocenters. The first-order chi connectivity index (χ1) is 25.2. The fraction of sp³-hybridized carbons (Fsp3) is 0. The summed E-state index contributed by atoms with van der Waals surface area (Å²) in [6, 6.07) is 20.7. The van der Waals surface area contributed by atoms with Crippen LogP contribution in [0.1, 0.15) is 0 Å². The Morgan fingerprint density at radius 3 is 1.15 bits per heavy atom.